The molecule has 12 rings (SSSR count). The molecule has 1 aliphatic carbocycles. The average Bonchev–Trinajstić information content (AvgIpc) is 3.59. The van der Waals surface area contributed by atoms with Gasteiger partial charge in [0.25, 0.3) is 0 Å². The summed E-state index contributed by atoms with van der Waals surface area (Å²) in [5.74, 6) is 0. The van der Waals surface area contributed by atoms with Crippen LogP contribution >= 0.6 is 0 Å². The van der Waals surface area contributed by atoms with Gasteiger partial charge < -0.3 is 9.47 Å². The van der Waals surface area contributed by atoms with Gasteiger partial charge in [-0.25, -0.2) is 0 Å². The number of benzene rings is 10. The second-order valence-corrected chi connectivity index (χ2v) is 15.7. The van der Waals surface area contributed by atoms with E-state index in [-0.39, 0.29) is 0 Å². The first kappa shape index (κ1) is 34.1. The lowest BCUT2D eigenvalue weighted by Gasteiger charge is -2.26. The Morgan fingerprint density at radius 2 is 0.733 bits per heavy atom. The zero-order valence-electron chi connectivity index (χ0n) is 32.8. The number of aromatic nitrogens is 1. The second kappa shape index (κ2) is 13.9. The molecule has 0 spiro atoms. The zero-order valence-corrected chi connectivity index (χ0v) is 32.8. The summed E-state index contributed by atoms with van der Waals surface area (Å²) in [5, 5.41) is 5.08. The molecule has 0 unspecified atom stereocenters. The van der Waals surface area contributed by atoms with Crippen LogP contribution in [0.4, 0.5) is 17.1 Å². The van der Waals surface area contributed by atoms with Crippen LogP contribution in [-0.4, -0.2) is 4.57 Å². The van der Waals surface area contributed by atoms with Crippen molar-refractivity contribution < 1.29 is 0 Å². The third-order valence-corrected chi connectivity index (χ3v) is 12.3. The summed E-state index contributed by atoms with van der Waals surface area (Å²) in [7, 11) is 0. The summed E-state index contributed by atoms with van der Waals surface area (Å²) in [6.07, 6.45) is 0. The number of rotatable bonds is 6. The Kier molecular flexibility index (Phi) is 7.89. The van der Waals surface area contributed by atoms with Crippen molar-refractivity contribution in [2.45, 2.75) is 0 Å². The standard InChI is InChI=1S/C58H38N2/c1-3-13-39(14-4-1)41-25-29-44(30-26-41)59(45-31-27-42(28-32-45)40-15-5-2-6-16-40)46-33-35-47(36-34-46)60-56-24-10-9-21-50(56)55-37-53-52-23-12-18-43-17-11-22-51(58(43)52)48-19-7-8-20-49(48)54(53)38-57(55)60/h1-38H. The van der Waals surface area contributed by atoms with Crippen molar-refractivity contribution in [3.05, 3.63) is 231 Å². The van der Waals surface area contributed by atoms with Crippen molar-refractivity contribution in [3.63, 3.8) is 0 Å². The maximum Gasteiger partial charge on any atom is 0.0547 e. The Bertz CT molecular complexity index is 3290. The van der Waals surface area contributed by atoms with Crippen LogP contribution in [-0.2, 0) is 0 Å². The van der Waals surface area contributed by atoms with E-state index in [2.05, 4.69) is 240 Å². The Morgan fingerprint density at radius 3 is 1.33 bits per heavy atom. The molecule has 0 bridgehead atoms. The van der Waals surface area contributed by atoms with E-state index in [1.165, 1.54) is 88.2 Å². The molecule has 2 nitrogen and oxygen atoms in total. The summed E-state index contributed by atoms with van der Waals surface area (Å²) in [6.45, 7) is 0. The first-order chi connectivity index (χ1) is 29.8. The molecular weight excluding hydrogens is 725 g/mol. The van der Waals surface area contributed by atoms with Crippen molar-refractivity contribution in [2.75, 3.05) is 4.90 Å². The van der Waals surface area contributed by atoms with Gasteiger partial charge in [-0.1, -0.05) is 164 Å². The van der Waals surface area contributed by atoms with Gasteiger partial charge in [0.2, 0.25) is 0 Å². The largest absolute Gasteiger partial charge is 0.311 e. The molecule has 0 fully saturated rings. The highest BCUT2D eigenvalue weighted by Gasteiger charge is 2.24. The van der Waals surface area contributed by atoms with E-state index >= 15 is 0 Å². The molecule has 10 aromatic carbocycles. The highest BCUT2D eigenvalue weighted by Crippen LogP contribution is 2.50. The summed E-state index contributed by atoms with van der Waals surface area (Å²) in [6, 6.07) is 84.2. The van der Waals surface area contributed by atoms with E-state index in [4.69, 9.17) is 0 Å². The van der Waals surface area contributed by atoms with Gasteiger partial charge in [0.05, 0.1) is 11.0 Å². The predicted molar refractivity (Wildman–Crippen MR) is 254 cm³/mol. The number of anilines is 3. The molecule has 0 saturated heterocycles. The van der Waals surface area contributed by atoms with Gasteiger partial charge in [-0.15, -0.1) is 0 Å². The molecule has 11 aromatic rings. The molecule has 0 radical (unpaired) electrons. The fourth-order valence-corrected chi connectivity index (χ4v) is 9.55. The van der Waals surface area contributed by atoms with Crippen molar-refractivity contribution in [2.24, 2.45) is 0 Å². The summed E-state index contributed by atoms with van der Waals surface area (Å²) >= 11 is 0. The molecule has 2 heteroatoms. The van der Waals surface area contributed by atoms with Crippen molar-refractivity contribution >= 4 is 49.6 Å². The van der Waals surface area contributed by atoms with E-state index in [0.29, 0.717) is 0 Å². The average molecular weight is 763 g/mol. The lowest BCUT2D eigenvalue weighted by molar-refractivity contribution is 1.17. The van der Waals surface area contributed by atoms with E-state index in [0.717, 1.165) is 22.7 Å². The van der Waals surface area contributed by atoms with Crippen LogP contribution in [0.3, 0.4) is 0 Å². The van der Waals surface area contributed by atoms with Gasteiger partial charge in [-0.3, -0.25) is 0 Å². The third kappa shape index (κ3) is 5.50. The van der Waals surface area contributed by atoms with Gasteiger partial charge in [0.15, 0.2) is 0 Å². The topological polar surface area (TPSA) is 8.17 Å². The molecular formula is C58H38N2. The lowest BCUT2D eigenvalue weighted by Crippen LogP contribution is -2.10. The van der Waals surface area contributed by atoms with Crippen LogP contribution in [0.15, 0.2) is 231 Å². The van der Waals surface area contributed by atoms with Gasteiger partial charge >= 0.3 is 0 Å². The molecule has 1 heterocycles. The minimum Gasteiger partial charge on any atom is -0.311 e. The Hall–Kier alpha value is -7.94. The third-order valence-electron chi connectivity index (χ3n) is 12.3. The molecule has 0 atom stereocenters. The van der Waals surface area contributed by atoms with Crippen LogP contribution in [0.5, 0.6) is 0 Å². The molecule has 1 aliphatic rings. The minimum absolute atomic E-state index is 1.09. The van der Waals surface area contributed by atoms with Gasteiger partial charge in [0, 0.05) is 33.5 Å². The molecule has 0 amide bonds. The van der Waals surface area contributed by atoms with Crippen molar-refractivity contribution in [1.29, 1.82) is 0 Å². The summed E-state index contributed by atoms with van der Waals surface area (Å²) in [4.78, 5) is 2.36. The van der Waals surface area contributed by atoms with E-state index in [1.807, 2.05) is 0 Å². The van der Waals surface area contributed by atoms with E-state index in [9.17, 15) is 0 Å². The van der Waals surface area contributed by atoms with E-state index < -0.39 is 0 Å². The first-order valence-corrected chi connectivity index (χ1v) is 20.7. The van der Waals surface area contributed by atoms with Crippen molar-refractivity contribution in [3.8, 4) is 61.3 Å². The number of fused-ring (bicyclic) bond motifs is 8. The molecule has 1 aromatic heterocycles. The fourth-order valence-electron chi connectivity index (χ4n) is 9.55. The van der Waals surface area contributed by atoms with Gasteiger partial charge in [0.1, 0.15) is 0 Å². The smallest absolute Gasteiger partial charge is 0.0547 e. The van der Waals surface area contributed by atoms with Crippen LogP contribution < -0.4 is 4.90 Å². The molecule has 0 saturated carbocycles. The maximum atomic E-state index is 2.45. The van der Waals surface area contributed by atoms with Crippen LogP contribution in [0.25, 0.3) is 93.9 Å². The minimum atomic E-state index is 1.09. The molecule has 60 heavy (non-hydrogen) atoms. The van der Waals surface area contributed by atoms with Crippen LogP contribution in [0.2, 0.25) is 0 Å². The number of hydrogen-bond acceptors (Lipinski definition) is 1. The summed E-state index contributed by atoms with van der Waals surface area (Å²) < 4.78 is 2.45. The quantitative estimate of drug-likeness (QED) is 0.164. The maximum absolute atomic E-state index is 2.45. The Balaban J connectivity index is 1.01. The van der Waals surface area contributed by atoms with E-state index in [1.54, 1.807) is 0 Å². The Morgan fingerprint density at radius 1 is 0.283 bits per heavy atom. The van der Waals surface area contributed by atoms with Gasteiger partial charge in [-0.05, 0) is 133 Å². The second-order valence-electron chi connectivity index (χ2n) is 15.7. The molecule has 0 aliphatic heterocycles. The number of hydrogen-bond donors (Lipinski definition) is 0. The monoisotopic (exact) mass is 762 g/mol. The SMILES string of the molecule is c1ccc(-c2ccc(N(c3ccc(-c4ccccc4)cc3)c3ccc(-n4c5ccccc5c5cc6c(cc54)-c4ccccc4-c4cccc5cccc-6c45)cc3)cc2)cc1. The normalized spacial score (nSPS) is 11.7. The van der Waals surface area contributed by atoms with Crippen molar-refractivity contribution in [1.82, 2.24) is 4.57 Å². The van der Waals surface area contributed by atoms with Crippen LogP contribution in [0.1, 0.15) is 0 Å². The summed E-state index contributed by atoms with van der Waals surface area (Å²) in [5.41, 5.74) is 19.2. The first-order valence-electron chi connectivity index (χ1n) is 20.7. The Labute approximate surface area is 349 Å². The highest BCUT2D eigenvalue weighted by molar-refractivity contribution is 6.18. The van der Waals surface area contributed by atoms with Crippen LogP contribution in [0, 0.1) is 0 Å². The fraction of sp³-hybridized carbons (Fsp3) is 0. The molecule has 280 valence electrons. The predicted octanol–water partition coefficient (Wildman–Crippen LogP) is 16.1. The zero-order chi connectivity index (χ0) is 39.6. The number of para-hydroxylation sites is 1. The highest BCUT2D eigenvalue weighted by atomic mass is 15.1. The molecule has 0 N–H and O–H groups in total. The lowest BCUT2D eigenvalue weighted by atomic mass is 9.92. The number of nitrogens with zero attached hydrogens (tertiary/aromatic N) is 2. The van der Waals surface area contributed by atoms with Gasteiger partial charge in [-0.2, -0.15) is 0 Å².